The Labute approximate surface area is 366 Å². The Morgan fingerprint density at radius 3 is 1.31 bits per heavy atom. The van der Waals surface area contributed by atoms with Crippen molar-refractivity contribution in [3.05, 3.63) is 219 Å². The fourth-order valence-electron chi connectivity index (χ4n) is 8.27. The summed E-state index contributed by atoms with van der Waals surface area (Å²) in [7, 11) is 0. The van der Waals surface area contributed by atoms with Crippen LogP contribution in [0.3, 0.4) is 0 Å². The van der Waals surface area contributed by atoms with E-state index >= 15 is 0 Å². The molecule has 0 unspecified atom stereocenters. The lowest BCUT2D eigenvalue weighted by atomic mass is 10.2. The van der Waals surface area contributed by atoms with Crippen LogP contribution in [-0.2, 0) is 0 Å². The lowest BCUT2D eigenvalue weighted by Crippen LogP contribution is -2.29. The van der Waals surface area contributed by atoms with E-state index in [1.54, 1.807) is 12.4 Å². The Morgan fingerprint density at radius 2 is 0.812 bits per heavy atom. The highest BCUT2D eigenvalue weighted by Crippen LogP contribution is 2.31. The molecule has 0 atom stereocenters. The molecule has 0 spiro atoms. The summed E-state index contributed by atoms with van der Waals surface area (Å²) < 4.78 is 21.2. The molecule has 0 fully saturated rings. The van der Waals surface area contributed by atoms with Gasteiger partial charge in [0, 0.05) is 36.9 Å². The van der Waals surface area contributed by atoms with Crippen molar-refractivity contribution >= 4 is 43.9 Å². The van der Waals surface area contributed by atoms with E-state index in [0.717, 1.165) is 66.6 Å². The maximum Gasteiger partial charge on any atom is 0.269 e. The van der Waals surface area contributed by atoms with Gasteiger partial charge >= 0.3 is 0 Å². The molecule has 6 aromatic heterocycles. The summed E-state index contributed by atoms with van der Waals surface area (Å²) >= 11 is 0. The Morgan fingerprint density at radius 1 is 0.375 bits per heavy atom. The van der Waals surface area contributed by atoms with E-state index in [9.17, 15) is 0 Å². The Hall–Kier alpha value is -9.02. The van der Waals surface area contributed by atoms with Crippen molar-refractivity contribution in [3.63, 3.8) is 0 Å². The summed E-state index contributed by atoms with van der Waals surface area (Å²) in [6.07, 6.45) is 14.3. The van der Waals surface area contributed by atoms with Crippen molar-refractivity contribution in [1.82, 2.24) is 29.1 Å². The number of rotatable bonds is 9. The molecule has 0 aliphatic carbocycles. The van der Waals surface area contributed by atoms with Crippen molar-refractivity contribution in [1.29, 1.82) is 0 Å². The van der Waals surface area contributed by atoms with Crippen LogP contribution in [-0.4, -0.2) is 29.1 Å². The molecular formula is C54H34N8O2. The monoisotopic (exact) mass is 826 g/mol. The quantitative estimate of drug-likeness (QED) is 0.106. The minimum atomic E-state index is 0.618. The summed E-state index contributed by atoms with van der Waals surface area (Å²) in [6.45, 7) is 0. The molecule has 0 aliphatic heterocycles. The average Bonchev–Trinajstić information content (AvgIpc) is 3.94. The number of benzene rings is 6. The molecule has 0 saturated carbocycles. The van der Waals surface area contributed by atoms with Crippen LogP contribution in [0.15, 0.2) is 207 Å². The highest BCUT2D eigenvalue weighted by molar-refractivity contribution is 5.89. The second kappa shape index (κ2) is 15.5. The predicted octanol–water partition coefficient (Wildman–Crippen LogP) is 10.9. The van der Waals surface area contributed by atoms with Gasteiger partial charge < -0.3 is 9.47 Å². The molecule has 0 aliphatic rings. The summed E-state index contributed by atoms with van der Waals surface area (Å²) in [5.41, 5.74) is 10.8. The molecule has 0 amide bonds. The molecule has 12 rings (SSSR count). The van der Waals surface area contributed by atoms with E-state index in [1.165, 1.54) is 0 Å². The molecule has 0 radical (unpaired) electrons. The van der Waals surface area contributed by atoms with Gasteiger partial charge in [0.2, 0.25) is 0 Å². The number of ether oxygens (including phenoxy) is 2. The fraction of sp³-hybridized carbons (Fsp3) is 0. The van der Waals surface area contributed by atoms with Gasteiger partial charge in [-0.25, -0.2) is 0 Å². The fourth-order valence-corrected chi connectivity index (χ4v) is 8.27. The van der Waals surface area contributed by atoms with Gasteiger partial charge in [0.1, 0.15) is 23.0 Å². The Bertz CT molecular complexity index is 3470. The van der Waals surface area contributed by atoms with E-state index in [2.05, 4.69) is 92.4 Å². The van der Waals surface area contributed by atoms with E-state index < -0.39 is 0 Å². The first-order chi connectivity index (χ1) is 31.7. The topological polar surface area (TPSA) is 87.6 Å². The lowest BCUT2D eigenvalue weighted by Gasteiger charge is -2.11. The third kappa shape index (κ3) is 6.63. The van der Waals surface area contributed by atoms with Crippen molar-refractivity contribution in [3.8, 4) is 57.1 Å². The number of para-hydroxylation sites is 6. The first-order valence-corrected chi connectivity index (χ1v) is 20.8. The summed E-state index contributed by atoms with van der Waals surface area (Å²) in [5.74, 6) is 2.56. The van der Waals surface area contributed by atoms with Gasteiger partial charge in [0.25, 0.3) is 12.7 Å². The highest BCUT2D eigenvalue weighted by Gasteiger charge is 2.17. The van der Waals surface area contributed by atoms with E-state index in [1.807, 2.05) is 143 Å². The van der Waals surface area contributed by atoms with E-state index in [-0.39, 0.29) is 0 Å². The number of nitrogens with zero attached hydrogens (tertiary/aromatic N) is 8. The zero-order valence-corrected chi connectivity index (χ0v) is 34.0. The molecule has 0 bridgehead atoms. The molecule has 10 heteroatoms. The van der Waals surface area contributed by atoms with Crippen molar-refractivity contribution in [2.75, 3.05) is 0 Å². The zero-order valence-electron chi connectivity index (χ0n) is 34.0. The first-order valence-electron chi connectivity index (χ1n) is 20.8. The van der Waals surface area contributed by atoms with Crippen LogP contribution in [0.5, 0.6) is 23.0 Å². The van der Waals surface area contributed by atoms with Gasteiger partial charge in [-0.05, 0) is 83.6 Å². The Balaban J connectivity index is 0.812. The van der Waals surface area contributed by atoms with Crippen molar-refractivity contribution < 1.29 is 18.6 Å². The number of fused-ring (bicyclic) bond motifs is 4. The summed E-state index contributed by atoms with van der Waals surface area (Å²) in [4.78, 5) is 18.7. The van der Waals surface area contributed by atoms with E-state index in [0.29, 0.717) is 34.4 Å². The van der Waals surface area contributed by atoms with Crippen LogP contribution in [0.2, 0.25) is 0 Å². The van der Waals surface area contributed by atoms with Crippen LogP contribution in [0.25, 0.3) is 78.0 Å². The molecule has 10 nitrogen and oxygen atoms in total. The number of hydrogen-bond acceptors (Lipinski definition) is 6. The smallest absolute Gasteiger partial charge is 0.269 e. The zero-order chi connectivity index (χ0) is 42.4. The molecular weight excluding hydrogens is 793 g/mol. The maximum absolute atomic E-state index is 6.47. The molecule has 6 heterocycles. The summed E-state index contributed by atoms with van der Waals surface area (Å²) in [6, 6.07) is 60.3. The maximum atomic E-state index is 6.47. The second-order valence-corrected chi connectivity index (χ2v) is 15.2. The van der Waals surface area contributed by atoms with Crippen LogP contribution < -0.4 is 18.6 Å². The summed E-state index contributed by atoms with van der Waals surface area (Å²) in [5, 5.41) is 2.13. The van der Waals surface area contributed by atoms with Gasteiger partial charge in [0.05, 0.1) is 67.2 Å². The highest BCUT2D eigenvalue weighted by atomic mass is 16.5. The predicted molar refractivity (Wildman–Crippen MR) is 246 cm³/mol. The number of pyridine rings is 4. The van der Waals surface area contributed by atoms with Gasteiger partial charge in [-0.15, -0.1) is 0 Å². The third-order valence-corrected chi connectivity index (χ3v) is 11.2. The minimum absolute atomic E-state index is 0.618. The Kier molecular flexibility index (Phi) is 8.89. The van der Waals surface area contributed by atoms with Crippen LogP contribution in [0.4, 0.5) is 0 Å². The molecule has 12 aromatic rings. The van der Waals surface area contributed by atoms with Gasteiger partial charge in [-0.3, -0.25) is 38.2 Å². The number of aromatic nitrogens is 8. The van der Waals surface area contributed by atoms with Crippen LogP contribution in [0.1, 0.15) is 0 Å². The molecule has 0 N–H and O–H groups in total. The SMILES string of the molecule is [c-]1n(-c2cccc3cccnc23)c2ccccc2[n+]1-c1cccc(Oc2ccnc(-c3cc(Oc4cccc(-[n+]5[c-]n(-c6cccc7cccnc67)c6ccccc65)c4)ccn3)c2)c1. The largest absolute Gasteiger partial charge is 0.458 e. The van der Waals surface area contributed by atoms with Crippen molar-refractivity contribution in [2.24, 2.45) is 0 Å². The third-order valence-electron chi connectivity index (χ3n) is 11.2. The normalized spacial score (nSPS) is 11.4. The average molecular weight is 827 g/mol. The van der Waals surface area contributed by atoms with Crippen molar-refractivity contribution in [2.45, 2.75) is 0 Å². The van der Waals surface area contributed by atoms with E-state index in [4.69, 9.17) is 19.4 Å². The van der Waals surface area contributed by atoms with Gasteiger partial charge in [-0.1, -0.05) is 97.1 Å². The standard InChI is InChI=1S/C54H34N8O2/c1-3-21-49-47(19-1)59(35-61(49)51-23-5-11-37-13-9-27-57-53(37)51)39-15-7-17-41(31-39)63-43-25-29-55-45(33-43)46-34-44(26-30-56-46)64-42-18-8-16-40(32-42)60-36-62(50-22-4-2-20-48(50)60)52-24-6-12-38-14-10-28-58-54(38)52/h1-34H. The molecule has 64 heavy (non-hydrogen) atoms. The first kappa shape index (κ1) is 36.8. The molecule has 0 saturated heterocycles. The molecule has 302 valence electrons. The number of hydrogen-bond donors (Lipinski definition) is 0. The molecule has 6 aromatic carbocycles. The lowest BCUT2D eigenvalue weighted by molar-refractivity contribution is -0.572. The number of imidazole rings is 2. The van der Waals surface area contributed by atoms with Crippen LogP contribution >= 0.6 is 0 Å². The minimum Gasteiger partial charge on any atom is -0.458 e. The second-order valence-electron chi connectivity index (χ2n) is 15.2. The van der Waals surface area contributed by atoms with Crippen LogP contribution in [0, 0.1) is 12.7 Å². The van der Waals surface area contributed by atoms with Gasteiger partial charge in [-0.2, -0.15) is 0 Å². The van der Waals surface area contributed by atoms with Gasteiger partial charge in [0.15, 0.2) is 0 Å².